The molecule has 1 rings (SSSR count). The van der Waals surface area contributed by atoms with Crippen LogP contribution < -0.4 is 0 Å². The van der Waals surface area contributed by atoms with Gasteiger partial charge in [0.25, 0.3) is 0 Å². The minimum atomic E-state index is -0.999. The van der Waals surface area contributed by atoms with E-state index in [0.717, 1.165) is 26.4 Å². The summed E-state index contributed by atoms with van der Waals surface area (Å²) in [6.07, 6.45) is 0. The summed E-state index contributed by atoms with van der Waals surface area (Å²) in [7, 11) is 2.12. The minimum Gasteiger partial charge on any atom is -0.501 e. The van der Waals surface area contributed by atoms with E-state index >= 15 is 0 Å². The highest BCUT2D eigenvalue weighted by atomic mass is 16.6. The number of benzene rings is 1. The van der Waals surface area contributed by atoms with Gasteiger partial charge in [-0.1, -0.05) is 0 Å². The smallest absolute Gasteiger partial charge is 0.341 e. The molecule has 0 aliphatic heterocycles. The van der Waals surface area contributed by atoms with Crippen LogP contribution in [0.15, 0.2) is 12.1 Å². The average molecular weight is 255 g/mol. The van der Waals surface area contributed by atoms with E-state index in [0.29, 0.717) is 0 Å². The predicted molar refractivity (Wildman–Crippen MR) is 57.4 cm³/mol. The first-order valence-corrected chi connectivity index (χ1v) is 4.60. The quantitative estimate of drug-likeness (QED) is 0.484. The van der Waals surface area contributed by atoms with Crippen LogP contribution in [-0.4, -0.2) is 36.2 Å². The van der Waals surface area contributed by atoms with E-state index in [9.17, 15) is 24.8 Å². The Morgan fingerprint density at radius 2 is 1.78 bits per heavy atom. The largest absolute Gasteiger partial charge is 0.501 e. The van der Waals surface area contributed by atoms with Crippen molar-refractivity contribution in [3.63, 3.8) is 0 Å². The van der Waals surface area contributed by atoms with E-state index in [-0.39, 0.29) is 5.56 Å². The van der Waals surface area contributed by atoms with Gasteiger partial charge in [-0.05, 0) is 6.07 Å². The lowest BCUT2D eigenvalue weighted by atomic mass is 10.1. The summed E-state index contributed by atoms with van der Waals surface area (Å²) >= 11 is 0. The average Bonchev–Trinajstić information content (AvgIpc) is 2.36. The molecule has 0 radical (unpaired) electrons. The third-order valence-electron chi connectivity index (χ3n) is 2.11. The first-order chi connectivity index (χ1) is 8.42. The number of hydrogen-bond acceptors (Lipinski definition) is 7. The molecule has 0 atom stereocenters. The summed E-state index contributed by atoms with van der Waals surface area (Å²) in [6.45, 7) is 0. The maximum absolute atomic E-state index is 11.3. The highest BCUT2D eigenvalue weighted by Gasteiger charge is 2.25. The second kappa shape index (κ2) is 5.13. The predicted octanol–water partition coefficient (Wildman–Crippen LogP) is 0.874. The summed E-state index contributed by atoms with van der Waals surface area (Å²) < 4.78 is 8.73. The summed E-state index contributed by atoms with van der Waals surface area (Å²) in [5.41, 5.74) is -1.49. The molecule has 0 unspecified atom stereocenters. The summed E-state index contributed by atoms with van der Waals surface area (Å²) in [5, 5.41) is 20.2. The number of carbonyl (C=O) groups excluding carboxylic acids is 2. The number of ether oxygens (including phenoxy) is 2. The Labute approximate surface area is 101 Å². The molecular weight excluding hydrogens is 246 g/mol. The van der Waals surface area contributed by atoms with Crippen molar-refractivity contribution in [3.05, 3.63) is 33.4 Å². The summed E-state index contributed by atoms with van der Waals surface area (Å²) in [5.74, 6) is -2.73. The van der Waals surface area contributed by atoms with Crippen LogP contribution in [0.1, 0.15) is 20.7 Å². The molecule has 96 valence electrons. The number of aromatic hydroxyl groups is 1. The Balaban J connectivity index is 3.51. The van der Waals surface area contributed by atoms with E-state index in [1.165, 1.54) is 0 Å². The van der Waals surface area contributed by atoms with Gasteiger partial charge in [-0.2, -0.15) is 0 Å². The lowest BCUT2D eigenvalue weighted by Crippen LogP contribution is -2.08. The van der Waals surface area contributed by atoms with E-state index in [4.69, 9.17) is 0 Å². The van der Waals surface area contributed by atoms with Gasteiger partial charge in [0.1, 0.15) is 5.56 Å². The van der Waals surface area contributed by atoms with Crippen molar-refractivity contribution in [3.8, 4) is 5.75 Å². The summed E-state index contributed by atoms with van der Waals surface area (Å²) in [6, 6.07) is 1.77. The molecular formula is C10H9NO7. The van der Waals surface area contributed by atoms with E-state index in [1.807, 2.05) is 0 Å². The SMILES string of the molecule is COC(=O)c1cc(C(=O)OC)c(O)c([N+](=O)[O-])c1. The fourth-order valence-electron chi connectivity index (χ4n) is 1.26. The molecule has 0 saturated heterocycles. The van der Waals surface area contributed by atoms with Gasteiger partial charge in [-0.15, -0.1) is 0 Å². The first-order valence-electron chi connectivity index (χ1n) is 4.60. The number of nitro benzene ring substituents is 1. The number of rotatable bonds is 3. The molecule has 0 aliphatic rings. The Morgan fingerprint density at radius 1 is 1.22 bits per heavy atom. The molecule has 0 bridgehead atoms. The highest BCUT2D eigenvalue weighted by molar-refractivity contribution is 5.99. The topological polar surface area (TPSA) is 116 Å². The second-order valence-electron chi connectivity index (χ2n) is 3.13. The monoisotopic (exact) mass is 255 g/mol. The Hall–Kier alpha value is -2.64. The fraction of sp³-hybridized carbons (Fsp3) is 0.200. The molecule has 1 aromatic rings. The molecule has 1 aromatic carbocycles. The Morgan fingerprint density at radius 3 is 2.22 bits per heavy atom. The fourth-order valence-corrected chi connectivity index (χ4v) is 1.26. The van der Waals surface area contributed by atoms with Crippen LogP contribution in [0.4, 0.5) is 5.69 Å². The molecule has 0 aliphatic carbocycles. The van der Waals surface area contributed by atoms with Gasteiger partial charge in [0.2, 0.25) is 5.75 Å². The molecule has 0 spiro atoms. The van der Waals surface area contributed by atoms with E-state index < -0.39 is 33.9 Å². The summed E-state index contributed by atoms with van der Waals surface area (Å²) in [4.78, 5) is 32.4. The van der Waals surface area contributed by atoms with Crippen molar-refractivity contribution in [2.75, 3.05) is 14.2 Å². The highest BCUT2D eigenvalue weighted by Crippen LogP contribution is 2.32. The number of phenols is 1. The van der Waals surface area contributed by atoms with Crippen LogP contribution in [0.25, 0.3) is 0 Å². The van der Waals surface area contributed by atoms with Gasteiger partial charge in [-0.25, -0.2) is 9.59 Å². The molecule has 0 heterocycles. The zero-order valence-corrected chi connectivity index (χ0v) is 9.50. The number of phenolic OH excluding ortho intramolecular Hbond substituents is 1. The number of methoxy groups -OCH3 is 2. The molecule has 0 fully saturated rings. The molecule has 18 heavy (non-hydrogen) atoms. The van der Waals surface area contributed by atoms with Crippen molar-refractivity contribution in [2.45, 2.75) is 0 Å². The first kappa shape index (κ1) is 13.4. The van der Waals surface area contributed by atoms with Gasteiger partial charge >= 0.3 is 17.6 Å². The number of hydrogen-bond donors (Lipinski definition) is 1. The number of nitro groups is 1. The zero-order valence-electron chi connectivity index (χ0n) is 9.50. The van der Waals surface area contributed by atoms with Crippen molar-refractivity contribution in [2.24, 2.45) is 0 Å². The van der Waals surface area contributed by atoms with Crippen LogP contribution in [0, 0.1) is 10.1 Å². The van der Waals surface area contributed by atoms with Gasteiger partial charge in [0, 0.05) is 6.07 Å². The molecule has 8 nitrogen and oxygen atoms in total. The molecule has 1 N–H and O–H groups in total. The van der Waals surface area contributed by atoms with Crippen molar-refractivity contribution >= 4 is 17.6 Å². The standard InChI is InChI=1S/C10H9NO7/c1-17-9(13)5-3-6(10(14)18-2)8(12)7(4-5)11(15)16/h3-4,12H,1-2H3. The van der Waals surface area contributed by atoms with Crippen molar-refractivity contribution in [1.29, 1.82) is 0 Å². The lowest BCUT2D eigenvalue weighted by Gasteiger charge is -2.06. The normalized spacial score (nSPS) is 9.67. The third kappa shape index (κ3) is 2.37. The van der Waals surface area contributed by atoms with Crippen LogP contribution >= 0.6 is 0 Å². The van der Waals surface area contributed by atoms with Crippen LogP contribution in [0.3, 0.4) is 0 Å². The van der Waals surface area contributed by atoms with Crippen molar-refractivity contribution < 1.29 is 29.1 Å². The van der Waals surface area contributed by atoms with Crippen LogP contribution in [-0.2, 0) is 9.47 Å². The molecule has 0 amide bonds. The molecule has 0 saturated carbocycles. The molecule has 8 heteroatoms. The maximum Gasteiger partial charge on any atom is 0.341 e. The number of carbonyl (C=O) groups is 2. The van der Waals surface area contributed by atoms with Gasteiger partial charge in [0.05, 0.1) is 24.7 Å². The minimum absolute atomic E-state index is 0.234. The number of esters is 2. The van der Waals surface area contributed by atoms with Crippen molar-refractivity contribution in [1.82, 2.24) is 0 Å². The third-order valence-corrected chi connectivity index (χ3v) is 2.11. The Kier molecular flexibility index (Phi) is 3.82. The van der Waals surface area contributed by atoms with Crippen LogP contribution in [0.5, 0.6) is 5.75 Å². The second-order valence-corrected chi connectivity index (χ2v) is 3.13. The van der Waals surface area contributed by atoms with Crippen LogP contribution in [0.2, 0.25) is 0 Å². The maximum atomic E-state index is 11.3. The number of nitrogens with zero attached hydrogens (tertiary/aromatic N) is 1. The molecule has 0 aromatic heterocycles. The van der Waals surface area contributed by atoms with E-state index in [2.05, 4.69) is 9.47 Å². The van der Waals surface area contributed by atoms with E-state index in [1.54, 1.807) is 0 Å². The Bertz CT molecular complexity index is 523. The lowest BCUT2D eigenvalue weighted by molar-refractivity contribution is -0.385. The van der Waals surface area contributed by atoms with Gasteiger partial charge < -0.3 is 14.6 Å². The zero-order chi connectivity index (χ0) is 13.9. The van der Waals surface area contributed by atoms with Gasteiger partial charge in [-0.3, -0.25) is 10.1 Å². The van der Waals surface area contributed by atoms with Gasteiger partial charge in [0.15, 0.2) is 0 Å².